The van der Waals surface area contributed by atoms with Crippen molar-refractivity contribution in [3.8, 4) is 0 Å². The Bertz CT molecular complexity index is 355. The molecular weight excluding hydrogens is 196 g/mol. The first-order valence-corrected chi connectivity index (χ1v) is 5.13. The summed E-state index contributed by atoms with van der Waals surface area (Å²) in [6, 6.07) is 0. The highest BCUT2D eigenvalue weighted by Crippen LogP contribution is 1.99. The minimum atomic E-state index is 0.643. The van der Waals surface area contributed by atoms with Gasteiger partial charge in [-0.05, 0) is 38.2 Å². The lowest BCUT2D eigenvalue weighted by atomic mass is 10.3. The standard InChI is InChI=1S/C14H20N2/c1-5-8-9-14(7-3)16-12(4)10-11-13(15)6-2/h5-11,16H,1-2,15H2,3-4H3/b9-8-,12-10+,13-11+,14-7+. The van der Waals surface area contributed by atoms with Crippen molar-refractivity contribution in [2.45, 2.75) is 13.8 Å². The Balaban J connectivity index is 4.53. The summed E-state index contributed by atoms with van der Waals surface area (Å²) >= 11 is 0. The molecule has 0 amide bonds. The van der Waals surface area contributed by atoms with Crippen LogP contribution in [0.1, 0.15) is 13.8 Å². The third kappa shape index (κ3) is 6.49. The SMILES string of the molecule is C=C/C=C\C(=C/C)N/C(C)=C/C=C(/N)C=C. The van der Waals surface area contributed by atoms with E-state index in [1.165, 1.54) is 0 Å². The maximum absolute atomic E-state index is 5.59. The van der Waals surface area contributed by atoms with Gasteiger partial charge in [0, 0.05) is 17.1 Å². The van der Waals surface area contributed by atoms with Crippen molar-refractivity contribution in [2.24, 2.45) is 5.73 Å². The second kappa shape index (κ2) is 8.36. The van der Waals surface area contributed by atoms with Gasteiger partial charge in [-0.2, -0.15) is 0 Å². The zero-order chi connectivity index (χ0) is 12.4. The van der Waals surface area contributed by atoms with E-state index in [9.17, 15) is 0 Å². The minimum absolute atomic E-state index is 0.643. The van der Waals surface area contributed by atoms with Crippen LogP contribution in [0.4, 0.5) is 0 Å². The van der Waals surface area contributed by atoms with Crippen LogP contribution < -0.4 is 11.1 Å². The molecule has 0 aliphatic heterocycles. The zero-order valence-electron chi connectivity index (χ0n) is 10.0. The minimum Gasteiger partial charge on any atom is -0.399 e. The Morgan fingerprint density at radius 2 is 1.94 bits per heavy atom. The summed E-state index contributed by atoms with van der Waals surface area (Å²) in [5.41, 5.74) is 8.26. The molecule has 0 rings (SSSR count). The molecule has 2 heteroatoms. The van der Waals surface area contributed by atoms with Crippen molar-refractivity contribution in [3.05, 3.63) is 72.8 Å². The Morgan fingerprint density at radius 3 is 2.44 bits per heavy atom. The number of nitrogens with two attached hydrogens (primary N) is 1. The molecule has 0 bridgehead atoms. The van der Waals surface area contributed by atoms with Crippen molar-refractivity contribution < 1.29 is 0 Å². The lowest BCUT2D eigenvalue weighted by Crippen LogP contribution is -2.08. The van der Waals surface area contributed by atoms with Crippen LogP contribution in [0, 0.1) is 0 Å². The van der Waals surface area contributed by atoms with Gasteiger partial charge in [0.1, 0.15) is 0 Å². The smallest absolute Gasteiger partial charge is 0.0338 e. The van der Waals surface area contributed by atoms with E-state index in [-0.39, 0.29) is 0 Å². The van der Waals surface area contributed by atoms with Crippen LogP contribution in [0.2, 0.25) is 0 Å². The Hall–Kier alpha value is -1.96. The van der Waals surface area contributed by atoms with Gasteiger partial charge in [0.25, 0.3) is 0 Å². The van der Waals surface area contributed by atoms with Crippen LogP contribution in [0.3, 0.4) is 0 Å². The molecule has 0 aliphatic rings. The van der Waals surface area contributed by atoms with E-state index in [4.69, 9.17) is 5.73 Å². The summed E-state index contributed by atoms with van der Waals surface area (Å²) in [6.45, 7) is 11.1. The fraction of sp³-hybridized carbons (Fsp3) is 0.143. The van der Waals surface area contributed by atoms with E-state index in [0.717, 1.165) is 11.4 Å². The summed E-state index contributed by atoms with van der Waals surface area (Å²) in [6.07, 6.45) is 12.9. The van der Waals surface area contributed by atoms with Crippen molar-refractivity contribution in [3.63, 3.8) is 0 Å². The summed E-state index contributed by atoms with van der Waals surface area (Å²) in [5, 5.41) is 3.23. The summed E-state index contributed by atoms with van der Waals surface area (Å²) in [7, 11) is 0. The first-order chi connectivity index (χ1) is 7.63. The molecule has 0 unspecified atom stereocenters. The van der Waals surface area contributed by atoms with Crippen molar-refractivity contribution in [1.29, 1.82) is 0 Å². The van der Waals surface area contributed by atoms with E-state index in [2.05, 4.69) is 18.5 Å². The monoisotopic (exact) mass is 216 g/mol. The predicted molar refractivity (Wildman–Crippen MR) is 72.5 cm³/mol. The number of nitrogens with one attached hydrogen (secondary N) is 1. The number of allylic oxidation sites excluding steroid dienone is 8. The molecule has 0 fully saturated rings. The van der Waals surface area contributed by atoms with Crippen LogP contribution in [-0.4, -0.2) is 0 Å². The molecule has 16 heavy (non-hydrogen) atoms. The topological polar surface area (TPSA) is 38.0 Å². The summed E-state index contributed by atoms with van der Waals surface area (Å²) < 4.78 is 0. The van der Waals surface area contributed by atoms with Crippen molar-refractivity contribution in [2.75, 3.05) is 0 Å². The maximum atomic E-state index is 5.59. The van der Waals surface area contributed by atoms with Gasteiger partial charge in [0.15, 0.2) is 0 Å². The highest BCUT2D eigenvalue weighted by atomic mass is 14.9. The van der Waals surface area contributed by atoms with E-state index in [1.54, 1.807) is 18.2 Å². The second-order valence-corrected chi connectivity index (χ2v) is 3.18. The summed E-state index contributed by atoms with van der Waals surface area (Å²) in [5.74, 6) is 0. The zero-order valence-corrected chi connectivity index (χ0v) is 10.0. The molecule has 0 saturated carbocycles. The first kappa shape index (κ1) is 14.0. The van der Waals surface area contributed by atoms with Gasteiger partial charge in [-0.25, -0.2) is 0 Å². The molecule has 0 aromatic rings. The van der Waals surface area contributed by atoms with E-state index >= 15 is 0 Å². The fourth-order valence-corrected chi connectivity index (χ4v) is 0.940. The van der Waals surface area contributed by atoms with Crippen LogP contribution >= 0.6 is 0 Å². The van der Waals surface area contributed by atoms with E-state index in [0.29, 0.717) is 5.70 Å². The first-order valence-electron chi connectivity index (χ1n) is 5.13. The van der Waals surface area contributed by atoms with Crippen LogP contribution in [-0.2, 0) is 0 Å². The van der Waals surface area contributed by atoms with Crippen molar-refractivity contribution >= 4 is 0 Å². The largest absolute Gasteiger partial charge is 0.399 e. The molecule has 3 N–H and O–H groups in total. The lowest BCUT2D eigenvalue weighted by molar-refractivity contribution is 0.998. The highest BCUT2D eigenvalue weighted by Gasteiger charge is 1.89. The van der Waals surface area contributed by atoms with Gasteiger partial charge >= 0.3 is 0 Å². The summed E-state index contributed by atoms with van der Waals surface area (Å²) in [4.78, 5) is 0. The van der Waals surface area contributed by atoms with Crippen LogP contribution in [0.5, 0.6) is 0 Å². The van der Waals surface area contributed by atoms with Gasteiger partial charge in [-0.1, -0.05) is 31.4 Å². The normalized spacial score (nSPS) is 14.0. The number of hydrogen-bond donors (Lipinski definition) is 2. The lowest BCUT2D eigenvalue weighted by Gasteiger charge is -2.06. The van der Waals surface area contributed by atoms with Crippen LogP contribution in [0.25, 0.3) is 0 Å². The Morgan fingerprint density at radius 1 is 1.25 bits per heavy atom. The molecule has 0 radical (unpaired) electrons. The Kier molecular flexibility index (Phi) is 7.33. The maximum Gasteiger partial charge on any atom is 0.0338 e. The fourth-order valence-electron chi connectivity index (χ4n) is 0.940. The Labute approximate surface area is 98.2 Å². The molecule has 0 spiro atoms. The quantitative estimate of drug-likeness (QED) is 0.669. The predicted octanol–water partition coefficient (Wildman–Crippen LogP) is 3.15. The molecule has 0 aromatic carbocycles. The highest BCUT2D eigenvalue weighted by molar-refractivity contribution is 5.26. The van der Waals surface area contributed by atoms with E-state index < -0.39 is 0 Å². The molecule has 0 atom stereocenters. The number of hydrogen-bond acceptors (Lipinski definition) is 2. The average molecular weight is 216 g/mol. The van der Waals surface area contributed by atoms with Gasteiger partial charge < -0.3 is 11.1 Å². The van der Waals surface area contributed by atoms with Gasteiger partial charge in [0.2, 0.25) is 0 Å². The van der Waals surface area contributed by atoms with Gasteiger partial charge in [0.05, 0.1) is 0 Å². The van der Waals surface area contributed by atoms with Crippen molar-refractivity contribution in [1.82, 2.24) is 5.32 Å². The molecular formula is C14H20N2. The third-order valence-electron chi connectivity index (χ3n) is 1.83. The van der Waals surface area contributed by atoms with Gasteiger partial charge in [-0.15, -0.1) is 0 Å². The molecule has 2 nitrogen and oxygen atoms in total. The van der Waals surface area contributed by atoms with E-state index in [1.807, 2.05) is 38.2 Å². The third-order valence-corrected chi connectivity index (χ3v) is 1.83. The molecule has 0 saturated heterocycles. The number of rotatable bonds is 6. The molecule has 0 aliphatic carbocycles. The average Bonchev–Trinajstić information content (AvgIpc) is 2.31. The molecule has 86 valence electrons. The second-order valence-electron chi connectivity index (χ2n) is 3.18. The molecule has 0 heterocycles. The molecule has 0 aromatic heterocycles. The van der Waals surface area contributed by atoms with Crippen LogP contribution in [0.15, 0.2) is 72.8 Å². The van der Waals surface area contributed by atoms with Gasteiger partial charge in [-0.3, -0.25) is 0 Å².